The van der Waals surface area contributed by atoms with Crippen LogP contribution in [0, 0.1) is 0 Å². The fraction of sp³-hybridized carbons (Fsp3) is 0.300. The molecular formula is C10H11ClF3NO. The summed E-state index contributed by atoms with van der Waals surface area (Å²) >= 11 is 0. The van der Waals surface area contributed by atoms with Crippen LogP contribution in [0.1, 0.15) is 11.1 Å². The Labute approximate surface area is 97.0 Å². The first kappa shape index (κ1) is 14.9. The Morgan fingerprint density at radius 2 is 1.69 bits per heavy atom. The molecule has 0 aromatic heterocycles. The Morgan fingerprint density at radius 3 is 2.06 bits per heavy atom. The van der Waals surface area contributed by atoms with Gasteiger partial charge in [0, 0.05) is 6.42 Å². The average Bonchev–Trinajstić information content (AvgIpc) is 2.17. The number of carbonyl (C=O) groups excluding carboxylic acids is 1. The van der Waals surface area contributed by atoms with E-state index in [0.29, 0.717) is 5.56 Å². The smallest absolute Gasteiger partial charge is 0.324 e. The molecule has 6 heteroatoms. The van der Waals surface area contributed by atoms with Gasteiger partial charge in [-0.3, -0.25) is 4.79 Å². The normalized spacial score (nSPS) is 10.8. The van der Waals surface area contributed by atoms with Gasteiger partial charge in [0.1, 0.15) is 0 Å². The Hall–Kier alpha value is -1.07. The molecule has 0 fully saturated rings. The highest BCUT2D eigenvalue weighted by molar-refractivity contribution is 5.85. The van der Waals surface area contributed by atoms with Crippen LogP contribution in [0.15, 0.2) is 24.3 Å². The largest absolute Gasteiger partial charge is 0.416 e. The van der Waals surface area contributed by atoms with Crippen LogP contribution in [0.3, 0.4) is 0 Å². The second-order valence-corrected chi connectivity index (χ2v) is 3.11. The molecule has 0 aliphatic rings. The second-order valence-electron chi connectivity index (χ2n) is 3.11. The van der Waals surface area contributed by atoms with Gasteiger partial charge >= 0.3 is 6.18 Å². The van der Waals surface area contributed by atoms with Crippen LogP contribution >= 0.6 is 12.4 Å². The SMILES string of the molecule is Cl.NCC(=O)Cc1ccc(C(F)(F)F)cc1. The number of Topliss-reactive ketones (excluding diaryl/α,β-unsaturated/α-hetero) is 1. The molecule has 0 radical (unpaired) electrons. The van der Waals surface area contributed by atoms with Crippen LogP contribution in [-0.2, 0) is 17.4 Å². The minimum absolute atomic E-state index is 0. The van der Waals surface area contributed by atoms with Crippen LogP contribution in [0.4, 0.5) is 13.2 Å². The molecule has 1 rings (SSSR count). The number of ketones is 1. The summed E-state index contributed by atoms with van der Waals surface area (Å²) in [5.74, 6) is -0.199. The van der Waals surface area contributed by atoms with Gasteiger partial charge < -0.3 is 5.73 Å². The fourth-order valence-electron chi connectivity index (χ4n) is 1.11. The fourth-order valence-corrected chi connectivity index (χ4v) is 1.11. The molecule has 0 saturated carbocycles. The standard InChI is InChI=1S/C10H10F3NO.ClH/c11-10(12,13)8-3-1-7(2-4-8)5-9(15)6-14;/h1-4H,5-6,14H2;1H. The third kappa shape index (κ3) is 4.20. The van der Waals surface area contributed by atoms with Gasteiger partial charge in [-0.2, -0.15) is 13.2 Å². The molecule has 0 amide bonds. The Balaban J connectivity index is 0.00000225. The molecule has 1 aromatic rings. The minimum atomic E-state index is -4.34. The minimum Gasteiger partial charge on any atom is -0.324 e. The maximum atomic E-state index is 12.2. The first-order chi connectivity index (χ1) is 6.93. The van der Waals surface area contributed by atoms with Crippen molar-refractivity contribution in [3.8, 4) is 0 Å². The summed E-state index contributed by atoms with van der Waals surface area (Å²) in [7, 11) is 0. The number of carbonyl (C=O) groups is 1. The van der Waals surface area contributed by atoms with Gasteiger partial charge in [-0.1, -0.05) is 12.1 Å². The zero-order valence-electron chi connectivity index (χ0n) is 8.25. The monoisotopic (exact) mass is 253 g/mol. The topological polar surface area (TPSA) is 43.1 Å². The molecule has 0 aliphatic carbocycles. The molecular weight excluding hydrogens is 243 g/mol. The van der Waals surface area contributed by atoms with Gasteiger partial charge in [-0.25, -0.2) is 0 Å². The van der Waals surface area contributed by atoms with E-state index in [-0.39, 0.29) is 31.2 Å². The summed E-state index contributed by atoms with van der Waals surface area (Å²) in [5.41, 5.74) is 4.91. The van der Waals surface area contributed by atoms with Gasteiger partial charge in [0.25, 0.3) is 0 Å². The lowest BCUT2D eigenvalue weighted by molar-refractivity contribution is -0.137. The first-order valence-electron chi connectivity index (χ1n) is 4.31. The van der Waals surface area contributed by atoms with E-state index >= 15 is 0 Å². The van der Waals surface area contributed by atoms with E-state index in [0.717, 1.165) is 12.1 Å². The van der Waals surface area contributed by atoms with Crippen LogP contribution in [0.25, 0.3) is 0 Å². The van der Waals surface area contributed by atoms with Crippen molar-refractivity contribution in [3.05, 3.63) is 35.4 Å². The summed E-state index contributed by atoms with van der Waals surface area (Å²) < 4.78 is 36.5. The van der Waals surface area contributed by atoms with Crippen LogP contribution < -0.4 is 5.73 Å². The Kier molecular flexibility index (Phi) is 5.47. The molecule has 90 valence electrons. The van der Waals surface area contributed by atoms with E-state index in [1.165, 1.54) is 12.1 Å². The van der Waals surface area contributed by atoms with Crippen molar-refractivity contribution in [3.63, 3.8) is 0 Å². The van der Waals surface area contributed by atoms with Crippen LogP contribution in [0.2, 0.25) is 0 Å². The third-order valence-electron chi connectivity index (χ3n) is 1.91. The molecule has 0 bridgehead atoms. The molecule has 0 aliphatic heterocycles. The summed E-state index contributed by atoms with van der Waals surface area (Å²) in [5, 5.41) is 0. The summed E-state index contributed by atoms with van der Waals surface area (Å²) in [6.45, 7) is -0.0962. The molecule has 0 spiro atoms. The summed E-state index contributed by atoms with van der Waals surface area (Å²) in [6.07, 6.45) is -4.26. The molecule has 2 nitrogen and oxygen atoms in total. The van der Waals surface area contributed by atoms with Gasteiger partial charge in [0.05, 0.1) is 12.1 Å². The number of hydrogen-bond donors (Lipinski definition) is 1. The summed E-state index contributed by atoms with van der Waals surface area (Å²) in [4.78, 5) is 10.9. The Bertz CT molecular complexity index is 348. The lowest BCUT2D eigenvalue weighted by atomic mass is 10.1. The predicted molar refractivity (Wildman–Crippen MR) is 56.5 cm³/mol. The highest BCUT2D eigenvalue weighted by Gasteiger charge is 2.29. The van der Waals surface area contributed by atoms with Crippen molar-refractivity contribution < 1.29 is 18.0 Å². The van der Waals surface area contributed by atoms with Crippen LogP contribution in [0.5, 0.6) is 0 Å². The number of benzene rings is 1. The Morgan fingerprint density at radius 1 is 1.19 bits per heavy atom. The highest BCUT2D eigenvalue weighted by Crippen LogP contribution is 2.29. The van der Waals surface area contributed by atoms with E-state index < -0.39 is 11.7 Å². The zero-order chi connectivity index (χ0) is 11.5. The van der Waals surface area contributed by atoms with E-state index in [9.17, 15) is 18.0 Å². The maximum Gasteiger partial charge on any atom is 0.416 e. The van der Waals surface area contributed by atoms with Crippen molar-refractivity contribution in [2.24, 2.45) is 5.73 Å². The lowest BCUT2D eigenvalue weighted by Crippen LogP contribution is -2.15. The molecule has 0 unspecified atom stereocenters. The van der Waals surface area contributed by atoms with Crippen molar-refractivity contribution in [2.75, 3.05) is 6.54 Å². The van der Waals surface area contributed by atoms with Crippen molar-refractivity contribution in [1.82, 2.24) is 0 Å². The zero-order valence-corrected chi connectivity index (χ0v) is 9.07. The predicted octanol–water partition coefficient (Wildman–Crippen LogP) is 2.20. The van der Waals surface area contributed by atoms with Crippen molar-refractivity contribution in [1.29, 1.82) is 0 Å². The number of alkyl halides is 3. The van der Waals surface area contributed by atoms with Crippen molar-refractivity contribution in [2.45, 2.75) is 12.6 Å². The lowest BCUT2D eigenvalue weighted by Gasteiger charge is -2.06. The number of nitrogens with two attached hydrogens (primary N) is 1. The van der Waals surface area contributed by atoms with E-state index in [1.807, 2.05) is 0 Å². The number of halogens is 4. The molecule has 16 heavy (non-hydrogen) atoms. The van der Waals surface area contributed by atoms with Crippen molar-refractivity contribution >= 4 is 18.2 Å². The maximum absolute atomic E-state index is 12.2. The van der Waals surface area contributed by atoms with E-state index in [2.05, 4.69) is 0 Å². The molecule has 0 atom stereocenters. The van der Waals surface area contributed by atoms with Gasteiger partial charge in [0.15, 0.2) is 5.78 Å². The summed E-state index contributed by atoms with van der Waals surface area (Å²) in [6, 6.07) is 4.49. The van der Waals surface area contributed by atoms with Gasteiger partial charge in [0.2, 0.25) is 0 Å². The second kappa shape index (κ2) is 5.86. The third-order valence-corrected chi connectivity index (χ3v) is 1.91. The number of rotatable bonds is 3. The quantitative estimate of drug-likeness (QED) is 0.897. The van der Waals surface area contributed by atoms with Gasteiger partial charge in [-0.05, 0) is 17.7 Å². The van der Waals surface area contributed by atoms with Crippen LogP contribution in [-0.4, -0.2) is 12.3 Å². The average molecular weight is 254 g/mol. The van der Waals surface area contributed by atoms with E-state index in [1.54, 1.807) is 0 Å². The first-order valence-corrected chi connectivity index (χ1v) is 4.31. The highest BCUT2D eigenvalue weighted by atomic mass is 35.5. The molecule has 2 N–H and O–H groups in total. The molecule has 0 saturated heterocycles. The number of hydrogen-bond acceptors (Lipinski definition) is 2. The van der Waals surface area contributed by atoms with Gasteiger partial charge in [-0.15, -0.1) is 12.4 Å². The van der Waals surface area contributed by atoms with E-state index in [4.69, 9.17) is 5.73 Å². The molecule has 1 aromatic carbocycles. The molecule has 0 heterocycles.